The van der Waals surface area contributed by atoms with E-state index in [1.807, 2.05) is 0 Å². The van der Waals surface area contributed by atoms with E-state index in [9.17, 15) is 9.59 Å². The Morgan fingerprint density at radius 2 is 2.26 bits per heavy atom. The van der Waals surface area contributed by atoms with Gasteiger partial charge in [0.1, 0.15) is 6.33 Å². The summed E-state index contributed by atoms with van der Waals surface area (Å²) in [4.78, 5) is 27.8. The van der Waals surface area contributed by atoms with Crippen LogP contribution in [0.3, 0.4) is 0 Å². The number of carbonyl (C=O) groups excluding carboxylic acids is 1. The maximum atomic E-state index is 11.7. The number of hydrogen-bond donors (Lipinski definition) is 2. The molecule has 104 valence electrons. The molecular weight excluding hydrogens is 250 g/mol. The zero-order chi connectivity index (χ0) is 13.8. The third-order valence-electron chi connectivity index (χ3n) is 2.98. The summed E-state index contributed by atoms with van der Waals surface area (Å²) in [5, 5.41) is 15.5. The number of carboxylic acids is 1. The summed E-state index contributed by atoms with van der Waals surface area (Å²) in [7, 11) is 1.79. The highest BCUT2D eigenvalue weighted by Crippen LogP contribution is 2.18. The van der Waals surface area contributed by atoms with Crippen LogP contribution in [-0.4, -0.2) is 56.4 Å². The maximum Gasteiger partial charge on any atom is 0.317 e. The van der Waals surface area contributed by atoms with Crippen molar-refractivity contribution < 1.29 is 14.7 Å². The molecule has 8 nitrogen and oxygen atoms in total. The van der Waals surface area contributed by atoms with Crippen LogP contribution >= 0.6 is 0 Å². The molecule has 0 saturated carbocycles. The number of likely N-dealkylation sites (tertiary alicyclic amines) is 1. The molecule has 2 heterocycles. The van der Waals surface area contributed by atoms with Crippen molar-refractivity contribution in [3.8, 4) is 0 Å². The smallest absolute Gasteiger partial charge is 0.317 e. The van der Waals surface area contributed by atoms with Crippen LogP contribution in [0, 0.1) is 5.92 Å². The third kappa shape index (κ3) is 3.67. The molecule has 0 spiro atoms. The number of aliphatic carboxylic acids is 1. The molecule has 8 heteroatoms. The van der Waals surface area contributed by atoms with Crippen LogP contribution in [0.4, 0.5) is 4.79 Å². The number of carboxylic acid groups (broad SMARTS) is 1. The molecule has 1 aliphatic rings. The van der Waals surface area contributed by atoms with Gasteiger partial charge in [0, 0.05) is 39.0 Å². The topological polar surface area (TPSA) is 100 Å². The van der Waals surface area contributed by atoms with Gasteiger partial charge >= 0.3 is 12.0 Å². The van der Waals surface area contributed by atoms with Gasteiger partial charge in [0.25, 0.3) is 0 Å². The molecule has 2 amide bonds. The van der Waals surface area contributed by atoms with E-state index < -0.39 is 5.97 Å². The molecule has 0 atom stereocenters. The van der Waals surface area contributed by atoms with Gasteiger partial charge < -0.3 is 15.3 Å². The second kappa shape index (κ2) is 5.68. The monoisotopic (exact) mass is 267 g/mol. The number of amides is 2. The number of aryl methyl sites for hydroxylation is 1. The molecule has 19 heavy (non-hydrogen) atoms. The van der Waals surface area contributed by atoms with Gasteiger partial charge in [0.2, 0.25) is 0 Å². The molecule has 0 aromatic carbocycles. The van der Waals surface area contributed by atoms with Crippen LogP contribution in [0.1, 0.15) is 12.2 Å². The van der Waals surface area contributed by atoms with Crippen LogP contribution in [0.15, 0.2) is 6.33 Å². The minimum absolute atomic E-state index is 0.0840. The number of rotatable bonds is 5. The molecule has 1 aliphatic heterocycles. The van der Waals surface area contributed by atoms with Gasteiger partial charge in [-0.1, -0.05) is 0 Å². The van der Waals surface area contributed by atoms with Crippen molar-refractivity contribution in [2.45, 2.75) is 12.8 Å². The molecule has 2 rings (SSSR count). The number of hydrogen-bond acceptors (Lipinski definition) is 4. The lowest BCUT2D eigenvalue weighted by Crippen LogP contribution is -2.54. The fourth-order valence-corrected chi connectivity index (χ4v) is 2.00. The molecule has 2 N–H and O–H groups in total. The predicted molar refractivity (Wildman–Crippen MR) is 65.4 cm³/mol. The van der Waals surface area contributed by atoms with Crippen molar-refractivity contribution in [3.05, 3.63) is 12.2 Å². The Kier molecular flexibility index (Phi) is 3.98. The summed E-state index contributed by atoms with van der Waals surface area (Å²) in [5.41, 5.74) is 0. The van der Waals surface area contributed by atoms with Gasteiger partial charge in [-0.3, -0.25) is 9.48 Å². The molecule has 0 aliphatic carbocycles. The minimum atomic E-state index is -0.814. The minimum Gasteiger partial charge on any atom is -0.481 e. The molecular formula is C11H17N5O3. The Labute approximate surface area is 110 Å². The van der Waals surface area contributed by atoms with Crippen molar-refractivity contribution in [2.75, 3.05) is 19.6 Å². The lowest BCUT2D eigenvalue weighted by Gasteiger charge is -2.38. The first-order chi connectivity index (χ1) is 9.04. The zero-order valence-electron chi connectivity index (χ0n) is 10.7. The van der Waals surface area contributed by atoms with Crippen LogP contribution in [-0.2, 0) is 18.3 Å². The first-order valence-electron chi connectivity index (χ1n) is 6.13. The van der Waals surface area contributed by atoms with E-state index in [1.54, 1.807) is 23.0 Å². The maximum absolute atomic E-state index is 11.7. The quantitative estimate of drug-likeness (QED) is 0.747. The van der Waals surface area contributed by atoms with Gasteiger partial charge in [-0.2, -0.15) is 5.10 Å². The average molecular weight is 267 g/mol. The SMILES string of the molecule is Cn1cnc(CCNC(=O)N2CC(CC(=O)O)C2)n1. The Balaban J connectivity index is 1.62. The fourth-order valence-electron chi connectivity index (χ4n) is 2.00. The molecule has 0 bridgehead atoms. The number of nitrogens with zero attached hydrogens (tertiary/aromatic N) is 4. The third-order valence-corrected chi connectivity index (χ3v) is 2.98. The van der Waals surface area contributed by atoms with Gasteiger partial charge in [-0.25, -0.2) is 9.78 Å². The lowest BCUT2D eigenvalue weighted by molar-refractivity contribution is -0.139. The van der Waals surface area contributed by atoms with Crippen molar-refractivity contribution >= 4 is 12.0 Å². The molecule has 0 radical (unpaired) electrons. The number of nitrogens with one attached hydrogen (secondary N) is 1. The van der Waals surface area contributed by atoms with Gasteiger partial charge in [-0.05, 0) is 0 Å². The highest BCUT2D eigenvalue weighted by Gasteiger charge is 2.31. The highest BCUT2D eigenvalue weighted by molar-refractivity contribution is 5.75. The van der Waals surface area contributed by atoms with E-state index in [1.165, 1.54) is 0 Å². The second-order valence-corrected chi connectivity index (χ2v) is 4.69. The van der Waals surface area contributed by atoms with Gasteiger partial charge in [0.15, 0.2) is 5.82 Å². The summed E-state index contributed by atoms with van der Waals surface area (Å²) < 4.78 is 1.61. The number of aromatic nitrogens is 3. The van der Waals surface area contributed by atoms with Crippen LogP contribution in [0.2, 0.25) is 0 Å². The Morgan fingerprint density at radius 1 is 1.53 bits per heavy atom. The molecule has 0 unspecified atom stereocenters. The standard InChI is InChI=1S/C11H17N5O3/c1-15-7-13-9(14-15)2-3-12-11(19)16-5-8(6-16)4-10(17)18/h7-8H,2-6H2,1H3,(H,12,19)(H,17,18). The van der Waals surface area contributed by atoms with Gasteiger partial charge in [-0.15, -0.1) is 0 Å². The van der Waals surface area contributed by atoms with Crippen LogP contribution in [0.5, 0.6) is 0 Å². The van der Waals surface area contributed by atoms with E-state index in [4.69, 9.17) is 5.11 Å². The van der Waals surface area contributed by atoms with Crippen molar-refractivity contribution in [1.82, 2.24) is 25.0 Å². The largest absolute Gasteiger partial charge is 0.481 e. The van der Waals surface area contributed by atoms with Gasteiger partial charge in [0.05, 0.1) is 6.42 Å². The molecule has 1 aromatic rings. The van der Waals surface area contributed by atoms with Crippen LogP contribution in [0.25, 0.3) is 0 Å². The normalized spacial score (nSPS) is 15.1. The molecule has 1 fully saturated rings. The molecule has 1 aromatic heterocycles. The Hall–Kier alpha value is -2.12. The summed E-state index contributed by atoms with van der Waals surface area (Å²) in [6, 6.07) is -0.155. The van der Waals surface area contributed by atoms with Crippen molar-refractivity contribution in [2.24, 2.45) is 13.0 Å². The summed E-state index contributed by atoms with van der Waals surface area (Å²) in [6.07, 6.45) is 2.32. The first kappa shape index (κ1) is 13.3. The van der Waals surface area contributed by atoms with Crippen LogP contribution < -0.4 is 5.32 Å². The summed E-state index contributed by atoms with van der Waals surface area (Å²) >= 11 is 0. The summed E-state index contributed by atoms with van der Waals surface area (Å²) in [5.74, 6) is -0.0397. The lowest BCUT2D eigenvalue weighted by atomic mass is 9.97. The highest BCUT2D eigenvalue weighted by atomic mass is 16.4. The molecule has 1 saturated heterocycles. The zero-order valence-corrected chi connectivity index (χ0v) is 10.7. The summed E-state index contributed by atoms with van der Waals surface area (Å²) in [6.45, 7) is 1.50. The fraction of sp³-hybridized carbons (Fsp3) is 0.636. The Bertz CT molecular complexity index is 467. The predicted octanol–water partition coefficient (Wildman–Crippen LogP) is -0.526. The van der Waals surface area contributed by atoms with E-state index in [0.717, 1.165) is 0 Å². The van der Waals surface area contributed by atoms with E-state index in [0.29, 0.717) is 31.9 Å². The Morgan fingerprint density at radius 3 is 2.84 bits per heavy atom. The van der Waals surface area contributed by atoms with E-state index >= 15 is 0 Å². The first-order valence-corrected chi connectivity index (χ1v) is 6.13. The second-order valence-electron chi connectivity index (χ2n) is 4.69. The van der Waals surface area contributed by atoms with E-state index in [-0.39, 0.29) is 18.4 Å². The van der Waals surface area contributed by atoms with E-state index in [2.05, 4.69) is 15.4 Å². The van der Waals surface area contributed by atoms with Crippen molar-refractivity contribution in [1.29, 1.82) is 0 Å². The number of carbonyl (C=O) groups is 2. The average Bonchev–Trinajstić information content (AvgIpc) is 2.68. The van der Waals surface area contributed by atoms with Crippen molar-refractivity contribution in [3.63, 3.8) is 0 Å². The number of urea groups is 1.